The lowest BCUT2D eigenvalue weighted by Crippen LogP contribution is -2.31. The first-order valence-corrected chi connectivity index (χ1v) is 3.87. The molecule has 0 aliphatic rings. The van der Waals surface area contributed by atoms with Crippen LogP contribution in [0.25, 0.3) is 0 Å². The average molecular weight is 180 g/mol. The normalized spacial score (nSPS) is 9.69. The maximum atomic E-state index is 10.6. The summed E-state index contributed by atoms with van der Waals surface area (Å²) >= 11 is 0. The minimum absolute atomic E-state index is 0.163. The maximum absolute atomic E-state index is 10.6. The fraction of sp³-hybridized carbons (Fsp3) is 0.375. The van der Waals surface area contributed by atoms with Crippen LogP contribution >= 0.6 is 0 Å². The first-order valence-electron chi connectivity index (χ1n) is 3.87. The third-order valence-electron chi connectivity index (χ3n) is 1.57. The molecule has 1 amide bonds. The molecule has 1 heterocycles. The van der Waals surface area contributed by atoms with Crippen molar-refractivity contribution in [1.29, 1.82) is 0 Å². The van der Waals surface area contributed by atoms with Crippen LogP contribution in [0.3, 0.4) is 0 Å². The highest BCUT2D eigenvalue weighted by atomic mass is 16.1. The van der Waals surface area contributed by atoms with Crippen LogP contribution in [-0.4, -0.2) is 29.5 Å². The van der Waals surface area contributed by atoms with E-state index in [0.29, 0.717) is 5.82 Å². The summed E-state index contributed by atoms with van der Waals surface area (Å²) in [5.74, 6) is 0.324. The number of hydrogen-bond donors (Lipinski definition) is 1. The van der Waals surface area contributed by atoms with Gasteiger partial charge in [-0.1, -0.05) is 0 Å². The van der Waals surface area contributed by atoms with Gasteiger partial charge in [-0.2, -0.15) is 0 Å². The van der Waals surface area contributed by atoms with Crippen LogP contribution in [0.4, 0.5) is 5.82 Å². The van der Waals surface area contributed by atoms with E-state index >= 15 is 0 Å². The van der Waals surface area contributed by atoms with Crippen molar-refractivity contribution in [3.8, 4) is 0 Å². The molecule has 0 unspecified atom stereocenters. The van der Waals surface area contributed by atoms with Gasteiger partial charge >= 0.3 is 0 Å². The van der Waals surface area contributed by atoms with Gasteiger partial charge in [-0.05, 0) is 6.92 Å². The van der Waals surface area contributed by atoms with Crippen LogP contribution in [0.5, 0.6) is 0 Å². The van der Waals surface area contributed by atoms with Gasteiger partial charge in [0, 0.05) is 18.8 Å². The molecule has 0 atom stereocenters. The van der Waals surface area contributed by atoms with E-state index in [2.05, 4.69) is 9.97 Å². The molecule has 1 aromatic heterocycles. The van der Waals surface area contributed by atoms with Crippen LogP contribution < -0.4 is 10.6 Å². The summed E-state index contributed by atoms with van der Waals surface area (Å²) in [6, 6.07) is 1.79. The van der Waals surface area contributed by atoms with E-state index in [4.69, 9.17) is 5.73 Å². The summed E-state index contributed by atoms with van der Waals surface area (Å²) in [5, 5.41) is 0. The molecule has 0 radical (unpaired) electrons. The molecule has 0 bridgehead atoms. The fourth-order valence-corrected chi connectivity index (χ4v) is 0.964. The highest BCUT2D eigenvalue weighted by Gasteiger charge is 2.04. The molecule has 2 N–H and O–H groups in total. The Morgan fingerprint density at radius 2 is 2.31 bits per heavy atom. The van der Waals surface area contributed by atoms with Gasteiger partial charge in [-0.25, -0.2) is 9.97 Å². The summed E-state index contributed by atoms with van der Waals surface area (Å²) in [4.78, 5) is 20.2. The molecule has 0 fully saturated rings. The molecule has 13 heavy (non-hydrogen) atoms. The smallest absolute Gasteiger partial charge is 0.236 e. The predicted molar refractivity (Wildman–Crippen MR) is 49.2 cm³/mol. The topological polar surface area (TPSA) is 72.1 Å². The molecule has 5 nitrogen and oxygen atoms in total. The van der Waals surface area contributed by atoms with E-state index < -0.39 is 0 Å². The number of anilines is 1. The van der Waals surface area contributed by atoms with E-state index in [-0.39, 0.29) is 12.5 Å². The number of carbonyl (C=O) groups is 1. The lowest BCUT2D eigenvalue weighted by Gasteiger charge is -2.15. The van der Waals surface area contributed by atoms with E-state index in [0.717, 1.165) is 5.69 Å². The number of nitrogens with two attached hydrogens (primary N) is 1. The molecule has 0 aliphatic heterocycles. The van der Waals surface area contributed by atoms with Crippen molar-refractivity contribution in [3.63, 3.8) is 0 Å². The van der Waals surface area contributed by atoms with Gasteiger partial charge in [0.2, 0.25) is 5.91 Å². The second kappa shape index (κ2) is 3.84. The number of aryl methyl sites for hydroxylation is 1. The summed E-state index contributed by atoms with van der Waals surface area (Å²) in [5.41, 5.74) is 5.91. The SMILES string of the molecule is Cc1cc(N(C)CC(N)=O)ncn1. The molecule has 0 aliphatic carbocycles. The number of nitrogens with zero attached hydrogens (tertiary/aromatic N) is 3. The second-order valence-corrected chi connectivity index (χ2v) is 2.84. The van der Waals surface area contributed by atoms with Crippen LogP contribution in [0.1, 0.15) is 5.69 Å². The van der Waals surface area contributed by atoms with E-state index in [9.17, 15) is 4.79 Å². The Kier molecular flexibility index (Phi) is 2.79. The molecule has 0 saturated heterocycles. The molecule has 1 aromatic rings. The van der Waals surface area contributed by atoms with Gasteiger partial charge in [0.15, 0.2) is 0 Å². The van der Waals surface area contributed by atoms with E-state index in [1.165, 1.54) is 6.33 Å². The summed E-state index contributed by atoms with van der Waals surface area (Å²) in [6.45, 7) is 2.03. The standard InChI is InChI=1S/C8H12N4O/c1-6-3-8(11-5-10-6)12(2)4-7(9)13/h3,5H,4H2,1-2H3,(H2,9,13). The van der Waals surface area contributed by atoms with Gasteiger partial charge in [-0.15, -0.1) is 0 Å². The summed E-state index contributed by atoms with van der Waals surface area (Å²) in [6.07, 6.45) is 1.46. The van der Waals surface area contributed by atoms with Crippen molar-refractivity contribution in [1.82, 2.24) is 9.97 Å². The van der Waals surface area contributed by atoms with Crippen LogP contribution in [-0.2, 0) is 4.79 Å². The van der Waals surface area contributed by atoms with Crippen LogP contribution in [0.15, 0.2) is 12.4 Å². The van der Waals surface area contributed by atoms with Crippen molar-refractivity contribution in [2.45, 2.75) is 6.92 Å². The summed E-state index contributed by atoms with van der Waals surface area (Å²) in [7, 11) is 1.76. The van der Waals surface area contributed by atoms with Crippen molar-refractivity contribution < 1.29 is 4.79 Å². The number of primary amides is 1. The zero-order valence-corrected chi connectivity index (χ0v) is 7.69. The number of amides is 1. The van der Waals surface area contributed by atoms with Gasteiger partial charge in [0.05, 0.1) is 6.54 Å². The first-order chi connectivity index (χ1) is 6.09. The number of likely N-dealkylation sites (N-methyl/N-ethyl adjacent to an activating group) is 1. The van der Waals surface area contributed by atoms with Gasteiger partial charge in [0.1, 0.15) is 12.1 Å². The second-order valence-electron chi connectivity index (χ2n) is 2.84. The molecule has 70 valence electrons. The Morgan fingerprint density at radius 1 is 1.62 bits per heavy atom. The molecule has 5 heteroatoms. The lowest BCUT2D eigenvalue weighted by molar-refractivity contribution is -0.116. The van der Waals surface area contributed by atoms with Crippen molar-refractivity contribution in [2.75, 3.05) is 18.5 Å². The summed E-state index contributed by atoms with van der Waals surface area (Å²) < 4.78 is 0. The first kappa shape index (κ1) is 9.44. The molecule has 0 aromatic carbocycles. The largest absolute Gasteiger partial charge is 0.368 e. The zero-order chi connectivity index (χ0) is 9.84. The highest BCUT2D eigenvalue weighted by molar-refractivity contribution is 5.78. The highest BCUT2D eigenvalue weighted by Crippen LogP contribution is 2.07. The molecule has 0 spiro atoms. The Labute approximate surface area is 76.6 Å². The Morgan fingerprint density at radius 3 is 2.85 bits per heavy atom. The van der Waals surface area contributed by atoms with Crippen molar-refractivity contribution in [2.24, 2.45) is 5.73 Å². The average Bonchev–Trinajstić information content (AvgIpc) is 2.03. The quantitative estimate of drug-likeness (QED) is 0.693. The number of carbonyl (C=O) groups excluding carboxylic acids is 1. The van der Waals surface area contributed by atoms with Crippen molar-refractivity contribution >= 4 is 11.7 Å². The number of rotatable bonds is 3. The van der Waals surface area contributed by atoms with Gasteiger partial charge in [-0.3, -0.25) is 4.79 Å². The monoisotopic (exact) mass is 180 g/mol. The Balaban J connectivity index is 2.76. The fourth-order valence-electron chi connectivity index (χ4n) is 0.964. The zero-order valence-electron chi connectivity index (χ0n) is 7.69. The number of hydrogen-bond acceptors (Lipinski definition) is 4. The third kappa shape index (κ3) is 2.70. The van der Waals surface area contributed by atoms with Gasteiger partial charge in [0.25, 0.3) is 0 Å². The molecule has 1 rings (SSSR count). The minimum Gasteiger partial charge on any atom is -0.368 e. The predicted octanol–water partition coefficient (Wildman–Crippen LogP) is -0.293. The van der Waals surface area contributed by atoms with Crippen LogP contribution in [0.2, 0.25) is 0 Å². The van der Waals surface area contributed by atoms with Crippen LogP contribution in [0, 0.1) is 6.92 Å². The molecular formula is C8H12N4O. The maximum Gasteiger partial charge on any atom is 0.236 e. The number of aromatic nitrogens is 2. The van der Waals surface area contributed by atoms with Crippen molar-refractivity contribution in [3.05, 3.63) is 18.1 Å². The Bertz CT molecular complexity index is 313. The lowest BCUT2D eigenvalue weighted by atomic mass is 10.4. The third-order valence-corrected chi connectivity index (χ3v) is 1.57. The van der Waals surface area contributed by atoms with Gasteiger partial charge < -0.3 is 10.6 Å². The molecule has 0 saturated carbocycles. The Hall–Kier alpha value is -1.65. The van der Waals surface area contributed by atoms with E-state index in [1.54, 1.807) is 18.0 Å². The minimum atomic E-state index is -0.376. The van der Waals surface area contributed by atoms with E-state index in [1.807, 2.05) is 6.92 Å². The molecular weight excluding hydrogens is 168 g/mol.